The fourth-order valence-corrected chi connectivity index (χ4v) is 3.03. The molecule has 1 unspecified atom stereocenters. The minimum atomic E-state index is -4.63. The first-order valence-electron chi connectivity index (χ1n) is 8.93. The van der Waals surface area contributed by atoms with Crippen molar-refractivity contribution >= 4 is 15.9 Å². The maximum atomic E-state index is 14.2. The Kier molecular flexibility index (Phi) is 7.60. The fraction of sp³-hybridized carbons (Fsp3) is 0.368. The van der Waals surface area contributed by atoms with E-state index in [4.69, 9.17) is 4.74 Å². The average Bonchev–Trinajstić information content (AvgIpc) is 2.68. The zero-order valence-corrected chi connectivity index (χ0v) is 17.7. The molecule has 31 heavy (non-hydrogen) atoms. The van der Waals surface area contributed by atoms with Crippen molar-refractivity contribution in [3.05, 3.63) is 58.5 Å². The highest BCUT2D eigenvalue weighted by atomic mass is 32.2. The maximum absolute atomic E-state index is 14.2. The smallest absolute Gasteiger partial charge is 0.433 e. The minimum absolute atomic E-state index is 0.113. The molecule has 2 aromatic rings. The first-order valence-corrected chi connectivity index (χ1v) is 10.8. The molecule has 0 radical (unpaired) electrons. The van der Waals surface area contributed by atoms with Crippen LogP contribution in [0.4, 0.5) is 17.6 Å². The number of benzene rings is 1. The summed E-state index contributed by atoms with van der Waals surface area (Å²) in [5, 5.41) is 2.55. The van der Waals surface area contributed by atoms with E-state index in [0.717, 1.165) is 24.5 Å². The molecule has 1 aromatic carbocycles. The Labute approximate surface area is 176 Å². The van der Waals surface area contributed by atoms with E-state index in [1.807, 2.05) is 0 Å². The van der Waals surface area contributed by atoms with Crippen LogP contribution in [0.25, 0.3) is 0 Å². The number of hydrogen-bond acceptors (Lipinski definition) is 5. The van der Waals surface area contributed by atoms with Gasteiger partial charge in [-0.25, -0.2) is 22.5 Å². The van der Waals surface area contributed by atoms with Gasteiger partial charge in [0.25, 0.3) is 0 Å². The van der Waals surface area contributed by atoms with E-state index in [9.17, 15) is 30.8 Å². The Bertz CT molecular complexity index is 1060. The lowest BCUT2D eigenvalue weighted by molar-refractivity contribution is -0.141. The molecule has 12 heteroatoms. The van der Waals surface area contributed by atoms with E-state index in [0.29, 0.717) is 5.56 Å². The number of sulfonamides is 1. The van der Waals surface area contributed by atoms with Gasteiger partial charge in [-0.15, -0.1) is 0 Å². The van der Waals surface area contributed by atoms with Gasteiger partial charge in [-0.1, -0.05) is 12.1 Å². The summed E-state index contributed by atoms with van der Waals surface area (Å²) in [6, 6.07) is 5.93. The molecule has 0 saturated heterocycles. The van der Waals surface area contributed by atoms with E-state index in [-0.39, 0.29) is 30.1 Å². The van der Waals surface area contributed by atoms with Crippen LogP contribution in [-0.4, -0.2) is 32.7 Å². The van der Waals surface area contributed by atoms with Crippen LogP contribution in [0.5, 0.6) is 5.88 Å². The molecule has 170 valence electrons. The van der Waals surface area contributed by atoms with Crippen LogP contribution in [0.1, 0.15) is 35.2 Å². The molecule has 1 amide bonds. The van der Waals surface area contributed by atoms with Gasteiger partial charge in [0.2, 0.25) is 21.8 Å². The van der Waals surface area contributed by atoms with E-state index < -0.39 is 39.5 Å². The molecular formula is C19H21F4N3O4S. The van der Waals surface area contributed by atoms with E-state index in [1.165, 1.54) is 26.2 Å². The number of carbonyl (C=O) groups excluding carboxylic acids is 1. The minimum Gasteiger partial charge on any atom is -0.481 e. The number of nitrogens with one attached hydrogen (secondary N) is 2. The number of amides is 1. The number of nitrogens with zero attached hydrogens (tertiary/aromatic N) is 1. The predicted molar refractivity (Wildman–Crippen MR) is 104 cm³/mol. The van der Waals surface area contributed by atoms with E-state index >= 15 is 0 Å². The van der Waals surface area contributed by atoms with Crippen LogP contribution in [-0.2, 0) is 34.1 Å². The lowest BCUT2D eigenvalue weighted by Gasteiger charge is -2.15. The van der Waals surface area contributed by atoms with Crippen LogP contribution in [0.2, 0.25) is 0 Å². The van der Waals surface area contributed by atoms with Crippen LogP contribution < -0.4 is 14.8 Å². The number of carbonyl (C=O) groups is 1. The fourth-order valence-electron chi connectivity index (χ4n) is 2.61. The Morgan fingerprint density at radius 2 is 1.81 bits per heavy atom. The van der Waals surface area contributed by atoms with Gasteiger partial charge in [-0.05, 0) is 30.7 Å². The Morgan fingerprint density at radius 3 is 2.35 bits per heavy atom. The average molecular weight is 463 g/mol. The topological polar surface area (TPSA) is 97.4 Å². The van der Waals surface area contributed by atoms with Crippen molar-refractivity contribution in [1.29, 1.82) is 0 Å². The summed E-state index contributed by atoms with van der Waals surface area (Å²) in [5.74, 6) is -2.22. The summed E-state index contributed by atoms with van der Waals surface area (Å²) < 4.78 is 81.8. The second-order valence-electron chi connectivity index (χ2n) is 6.75. The molecule has 0 spiro atoms. The first kappa shape index (κ1) is 24.5. The van der Waals surface area contributed by atoms with Crippen LogP contribution in [0.3, 0.4) is 0 Å². The van der Waals surface area contributed by atoms with Crippen LogP contribution >= 0.6 is 0 Å². The van der Waals surface area contributed by atoms with Gasteiger partial charge in [0.1, 0.15) is 11.5 Å². The van der Waals surface area contributed by atoms with Gasteiger partial charge in [-0.2, -0.15) is 13.2 Å². The SMILES string of the molecule is COc1nc(C(F)(F)F)ccc1CNC(=O)C(C)c1ccc(CNS(C)(=O)=O)c(F)c1. The van der Waals surface area contributed by atoms with Crippen molar-refractivity contribution in [1.82, 2.24) is 15.0 Å². The van der Waals surface area contributed by atoms with Crippen LogP contribution in [0, 0.1) is 5.82 Å². The highest BCUT2D eigenvalue weighted by Gasteiger charge is 2.33. The Balaban J connectivity index is 2.07. The number of alkyl halides is 3. The zero-order chi connectivity index (χ0) is 23.4. The molecule has 7 nitrogen and oxygen atoms in total. The second-order valence-corrected chi connectivity index (χ2v) is 8.58. The summed E-state index contributed by atoms with van der Waals surface area (Å²) in [6.07, 6.45) is -3.68. The normalized spacial score (nSPS) is 13.0. The number of pyridine rings is 1. The standard InChI is InChI=1S/C19H21F4N3O4S/c1-11(12-4-5-13(15(20)8-12)10-25-31(3,28)29)17(27)24-9-14-6-7-16(19(21,22)23)26-18(14)30-2/h4-8,11,25H,9-10H2,1-3H3,(H,24,27). The van der Waals surface area contributed by atoms with Crippen molar-refractivity contribution in [3.8, 4) is 5.88 Å². The molecule has 1 heterocycles. The predicted octanol–water partition coefficient (Wildman–Crippen LogP) is 2.72. The van der Waals surface area contributed by atoms with Gasteiger partial charge in [-0.3, -0.25) is 4.79 Å². The maximum Gasteiger partial charge on any atom is 0.433 e. The number of halogens is 4. The molecule has 2 N–H and O–H groups in total. The van der Waals surface area contributed by atoms with Crippen molar-refractivity contribution in [2.45, 2.75) is 32.1 Å². The van der Waals surface area contributed by atoms with E-state index in [1.54, 1.807) is 0 Å². The summed E-state index contributed by atoms with van der Waals surface area (Å²) in [4.78, 5) is 15.8. The number of ether oxygens (including phenoxy) is 1. The highest BCUT2D eigenvalue weighted by Crippen LogP contribution is 2.30. The largest absolute Gasteiger partial charge is 0.481 e. The molecule has 0 aliphatic rings. The first-order chi connectivity index (χ1) is 14.3. The molecule has 0 fully saturated rings. The summed E-state index contributed by atoms with van der Waals surface area (Å²) in [5.41, 5.74) is -0.420. The lowest BCUT2D eigenvalue weighted by Crippen LogP contribution is -2.28. The third kappa shape index (κ3) is 6.89. The third-order valence-corrected chi connectivity index (χ3v) is 5.04. The monoisotopic (exact) mass is 463 g/mol. The number of aromatic nitrogens is 1. The summed E-state index contributed by atoms with van der Waals surface area (Å²) >= 11 is 0. The molecule has 1 aromatic heterocycles. The number of methoxy groups -OCH3 is 1. The molecule has 2 rings (SSSR count). The number of hydrogen-bond donors (Lipinski definition) is 2. The quantitative estimate of drug-likeness (QED) is 0.587. The van der Waals surface area contributed by atoms with Gasteiger partial charge in [0, 0.05) is 24.2 Å². The van der Waals surface area contributed by atoms with Gasteiger partial charge in [0.05, 0.1) is 19.3 Å². The highest BCUT2D eigenvalue weighted by molar-refractivity contribution is 7.88. The molecule has 1 atom stereocenters. The zero-order valence-electron chi connectivity index (χ0n) is 16.9. The Hall–Kier alpha value is -2.73. The Morgan fingerprint density at radius 1 is 1.16 bits per heavy atom. The molecule has 0 saturated carbocycles. The van der Waals surface area contributed by atoms with Crippen molar-refractivity contribution < 1.29 is 35.5 Å². The van der Waals surface area contributed by atoms with Gasteiger partial charge >= 0.3 is 6.18 Å². The van der Waals surface area contributed by atoms with E-state index in [2.05, 4.69) is 15.0 Å². The molecule has 0 bridgehead atoms. The third-order valence-electron chi connectivity index (χ3n) is 4.37. The lowest BCUT2D eigenvalue weighted by atomic mass is 9.98. The number of rotatable bonds is 8. The van der Waals surface area contributed by atoms with Crippen molar-refractivity contribution in [2.75, 3.05) is 13.4 Å². The summed E-state index contributed by atoms with van der Waals surface area (Å²) in [7, 11) is -2.32. The molecule has 0 aliphatic carbocycles. The van der Waals surface area contributed by atoms with Gasteiger partial charge in [0.15, 0.2) is 0 Å². The van der Waals surface area contributed by atoms with Gasteiger partial charge < -0.3 is 10.1 Å². The molecular weight excluding hydrogens is 442 g/mol. The second kappa shape index (κ2) is 9.60. The van der Waals surface area contributed by atoms with Crippen molar-refractivity contribution in [2.24, 2.45) is 0 Å². The molecule has 0 aliphatic heterocycles. The van der Waals surface area contributed by atoms with Crippen molar-refractivity contribution in [3.63, 3.8) is 0 Å². The summed E-state index contributed by atoms with van der Waals surface area (Å²) in [6.45, 7) is 1.16. The van der Waals surface area contributed by atoms with Crippen LogP contribution in [0.15, 0.2) is 30.3 Å².